The van der Waals surface area contributed by atoms with Crippen molar-refractivity contribution in [1.29, 1.82) is 0 Å². The van der Waals surface area contributed by atoms with Gasteiger partial charge in [-0.1, -0.05) is 5.16 Å². The Labute approximate surface area is 148 Å². The molecular weight excluding hydrogens is 328 g/mol. The minimum atomic E-state index is 0. The molecule has 0 unspecified atom stereocenters. The van der Waals surface area contributed by atoms with E-state index >= 15 is 0 Å². The maximum atomic E-state index is 12.9. The zero-order chi connectivity index (χ0) is 16.6. The number of amides is 1. The second-order valence-electron chi connectivity index (χ2n) is 6.27. The van der Waals surface area contributed by atoms with Crippen molar-refractivity contribution in [3.05, 3.63) is 34.8 Å². The molecular formula is C17H25ClN4O2. The summed E-state index contributed by atoms with van der Waals surface area (Å²) in [5.41, 5.74) is 2.66. The molecule has 1 amide bonds. The van der Waals surface area contributed by atoms with Crippen molar-refractivity contribution in [2.24, 2.45) is 0 Å². The molecule has 24 heavy (non-hydrogen) atoms. The van der Waals surface area contributed by atoms with E-state index in [1.54, 1.807) is 0 Å². The van der Waals surface area contributed by atoms with Crippen LogP contribution in [0.25, 0.3) is 5.82 Å². The molecule has 3 rings (SSSR count). The topological polar surface area (TPSA) is 63.3 Å². The number of likely N-dealkylation sites (tertiary alicyclic amines) is 1. The molecule has 2 aromatic heterocycles. The van der Waals surface area contributed by atoms with Crippen molar-refractivity contribution in [3.63, 3.8) is 0 Å². The smallest absolute Gasteiger partial charge is 0.255 e. The number of carbonyl (C=O) groups is 1. The average molecular weight is 353 g/mol. The van der Waals surface area contributed by atoms with Gasteiger partial charge in [0.05, 0.1) is 5.56 Å². The van der Waals surface area contributed by atoms with Crippen LogP contribution < -0.4 is 5.32 Å². The van der Waals surface area contributed by atoms with Crippen LogP contribution >= 0.6 is 12.4 Å². The largest absolute Gasteiger partial charge is 0.360 e. The molecule has 1 saturated heterocycles. The molecule has 0 bridgehead atoms. The van der Waals surface area contributed by atoms with Gasteiger partial charge in [-0.25, -0.2) is 0 Å². The van der Waals surface area contributed by atoms with E-state index in [-0.39, 0.29) is 18.3 Å². The Balaban J connectivity index is 0.00000208. The third-order valence-corrected chi connectivity index (χ3v) is 4.70. The molecule has 0 aromatic carbocycles. The lowest BCUT2D eigenvalue weighted by atomic mass is 10.0. The van der Waals surface area contributed by atoms with E-state index in [4.69, 9.17) is 4.52 Å². The minimum absolute atomic E-state index is 0. The molecule has 132 valence electrons. The molecule has 3 heterocycles. The van der Waals surface area contributed by atoms with Crippen molar-refractivity contribution in [2.45, 2.75) is 39.7 Å². The molecule has 0 saturated carbocycles. The number of nitrogens with zero attached hydrogens (tertiary/aromatic N) is 3. The minimum Gasteiger partial charge on any atom is -0.360 e. The Kier molecular flexibility index (Phi) is 5.72. The predicted molar refractivity (Wildman–Crippen MR) is 95.3 cm³/mol. The number of rotatable bonds is 3. The normalized spacial score (nSPS) is 15.4. The molecule has 0 atom stereocenters. The van der Waals surface area contributed by atoms with Gasteiger partial charge in [-0.3, -0.25) is 9.36 Å². The monoisotopic (exact) mass is 352 g/mol. The number of carbonyl (C=O) groups excluding carboxylic acids is 1. The Morgan fingerprint density at radius 2 is 1.92 bits per heavy atom. The molecule has 7 heteroatoms. The van der Waals surface area contributed by atoms with E-state index in [0.29, 0.717) is 6.04 Å². The molecule has 6 nitrogen and oxygen atoms in total. The molecule has 1 fully saturated rings. The third kappa shape index (κ3) is 3.35. The fraction of sp³-hybridized carbons (Fsp3) is 0.529. The lowest BCUT2D eigenvalue weighted by molar-refractivity contribution is 0.0706. The van der Waals surface area contributed by atoms with Gasteiger partial charge in [0, 0.05) is 36.6 Å². The van der Waals surface area contributed by atoms with E-state index < -0.39 is 0 Å². The summed E-state index contributed by atoms with van der Waals surface area (Å²) in [5, 5.41) is 7.36. The SMILES string of the molecule is CNC1CCN(C(=O)c2cc(C)n(-c3cc(C)on3)c2C)CC1.Cl. The molecule has 0 aliphatic carbocycles. The van der Waals surface area contributed by atoms with Gasteiger partial charge in [-0.2, -0.15) is 0 Å². The summed E-state index contributed by atoms with van der Waals surface area (Å²) in [7, 11) is 1.98. The first-order chi connectivity index (χ1) is 11.0. The number of aryl methyl sites for hydroxylation is 2. The van der Waals surface area contributed by atoms with Crippen molar-refractivity contribution < 1.29 is 9.32 Å². The van der Waals surface area contributed by atoms with Gasteiger partial charge in [0.1, 0.15) is 5.76 Å². The van der Waals surface area contributed by atoms with Gasteiger partial charge >= 0.3 is 0 Å². The Morgan fingerprint density at radius 1 is 1.25 bits per heavy atom. The quantitative estimate of drug-likeness (QED) is 0.922. The maximum absolute atomic E-state index is 12.9. The van der Waals surface area contributed by atoms with Crippen LogP contribution in [0.3, 0.4) is 0 Å². The van der Waals surface area contributed by atoms with E-state index in [9.17, 15) is 4.79 Å². The van der Waals surface area contributed by atoms with Crippen molar-refractivity contribution in [2.75, 3.05) is 20.1 Å². The molecule has 0 radical (unpaired) electrons. The summed E-state index contributed by atoms with van der Waals surface area (Å²) < 4.78 is 7.14. The van der Waals surface area contributed by atoms with Gasteiger partial charge in [0.15, 0.2) is 5.82 Å². The standard InChI is InChI=1S/C17H24N4O2.ClH/c1-11-9-15(13(3)21(11)16-10-12(2)23-19-16)17(22)20-7-5-14(18-4)6-8-20;/h9-10,14,18H,5-8H2,1-4H3;1H. The Morgan fingerprint density at radius 3 is 2.46 bits per heavy atom. The summed E-state index contributed by atoms with van der Waals surface area (Å²) in [6.45, 7) is 7.42. The molecule has 1 aliphatic heterocycles. The van der Waals surface area contributed by atoms with Crippen LogP contribution in [0, 0.1) is 20.8 Å². The van der Waals surface area contributed by atoms with Crippen LogP contribution in [0.1, 0.15) is 40.3 Å². The second kappa shape index (κ2) is 7.40. The fourth-order valence-electron chi connectivity index (χ4n) is 3.33. The summed E-state index contributed by atoms with van der Waals surface area (Å²) in [6.07, 6.45) is 2.01. The number of piperidine rings is 1. The Bertz CT molecular complexity index is 714. The highest BCUT2D eigenvalue weighted by Gasteiger charge is 2.26. The van der Waals surface area contributed by atoms with Crippen LogP contribution in [0.5, 0.6) is 0 Å². The Hall–Kier alpha value is -1.79. The third-order valence-electron chi connectivity index (χ3n) is 4.70. The summed E-state index contributed by atoms with van der Waals surface area (Å²) in [5.74, 6) is 1.60. The summed E-state index contributed by atoms with van der Waals surface area (Å²) in [4.78, 5) is 14.8. The lowest BCUT2D eigenvalue weighted by Crippen LogP contribution is -2.44. The predicted octanol–water partition coefficient (Wildman–Crippen LogP) is 2.64. The van der Waals surface area contributed by atoms with E-state index in [1.165, 1.54) is 0 Å². The molecule has 1 aliphatic rings. The van der Waals surface area contributed by atoms with E-state index in [0.717, 1.165) is 54.5 Å². The highest BCUT2D eigenvalue weighted by Crippen LogP contribution is 2.23. The number of hydrogen-bond acceptors (Lipinski definition) is 4. The van der Waals surface area contributed by atoms with E-state index in [2.05, 4.69) is 10.5 Å². The van der Waals surface area contributed by atoms with Crippen LogP contribution in [0.4, 0.5) is 0 Å². The number of halogens is 1. The summed E-state index contributed by atoms with van der Waals surface area (Å²) >= 11 is 0. The van der Waals surface area contributed by atoms with E-state index in [1.807, 2.05) is 49.4 Å². The first-order valence-corrected chi connectivity index (χ1v) is 8.10. The second-order valence-corrected chi connectivity index (χ2v) is 6.27. The number of aromatic nitrogens is 2. The van der Waals surface area contributed by atoms with Gasteiger partial charge in [0.2, 0.25) is 0 Å². The maximum Gasteiger partial charge on any atom is 0.255 e. The fourth-order valence-corrected chi connectivity index (χ4v) is 3.33. The highest BCUT2D eigenvalue weighted by atomic mass is 35.5. The zero-order valence-corrected chi connectivity index (χ0v) is 15.4. The van der Waals surface area contributed by atoms with Crippen LogP contribution in [-0.2, 0) is 0 Å². The van der Waals surface area contributed by atoms with Crippen LogP contribution in [-0.4, -0.2) is 46.7 Å². The molecule has 0 spiro atoms. The van der Waals surface area contributed by atoms with Crippen LogP contribution in [0.2, 0.25) is 0 Å². The van der Waals surface area contributed by atoms with Gasteiger partial charge in [-0.05, 0) is 46.7 Å². The van der Waals surface area contributed by atoms with Crippen molar-refractivity contribution in [1.82, 2.24) is 19.9 Å². The highest BCUT2D eigenvalue weighted by molar-refractivity contribution is 5.96. The van der Waals surface area contributed by atoms with Gasteiger partial charge in [0.25, 0.3) is 5.91 Å². The molecule has 1 N–H and O–H groups in total. The zero-order valence-electron chi connectivity index (χ0n) is 14.6. The average Bonchev–Trinajstić information content (AvgIpc) is 3.09. The molecule has 2 aromatic rings. The lowest BCUT2D eigenvalue weighted by Gasteiger charge is -2.31. The van der Waals surface area contributed by atoms with Crippen LogP contribution in [0.15, 0.2) is 16.7 Å². The van der Waals surface area contributed by atoms with Crippen molar-refractivity contribution >= 4 is 18.3 Å². The summed E-state index contributed by atoms with van der Waals surface area (Å²) in [6, 6.07) is 4.35. The van der Waals surface area contributed by atoms with Gasteiger partial charge < -0.3 is 14.7 Å². The van der Waals surface area contributed by atoms with Crippen molar-refractivity contribution in [3.8, 4) is 5.82 Å². The number of nitrogens with one attached hydrogen (secondary N) is 1. The van der Waals surface area contributed by atoms with Gasteiger partial charge in [-0.15, -0.1) is 12.4 Å². The first kappa shape index (κ1) is 18.5. The first-order valence-electron chi connectivity index (χ1n) is 8.10. The number of hydrogen-bond donors (Lipinski definition) is 1.